The summed E-state index contributed by atoms with van der Waals surface area (Å²) in [5.74, 6) is 1.33. The molecule has 2 aliphatic heterocycles. The fourth-order valence-corrected chi connectivity index (χ4v) is 5.43. The number of ether oxygens (including phenoxy) is 1. The average molecular weight is 450 g/mol. The van der Waals surface area contributed by atoms with Crippen molar-refractivity contribution in [1.29, 1.82) is 0 Å². The second kappa shape index (κ2) is 10.5. The second-order valence-corrected chi connectivity index (χ2v) is 9.46. The Balaban J connectivity index is 1.03. The lowest BCUT2D eigenvalue weighted by Gasteiger charge is -2.35. The van der Waals surface area contributed by atoms with Crippen molar-refractivity contribution in [3.05, 3.63) is 54.6 Å². The van der Waals surface area contributed by atoms with Gasteiger partial charge in [-0.2, -0.15) is 0 Å². The van der Waals surface area contributed by atoms with Gasteiger partial charge in [0.25, 0.3) is 5.91 Å². The van der Waals surface area contributed by atoms with Crippen LogP contribution in [0.1, 0.15) is 32.1 Å². The van der Waals surface area contributed by atoms with Crippen molar-refractivity contribution in [1.82, 2.24) is 16.2 Å². The molecule has 2 aromatic rings. The number of amides is 1. The Kier molecular flexibility index (Phi) is 7.09. The summed E-state index contributed by atoms with van der Waals surface area (Å²) in [6.07, 6.45) is 6.35. The van der Waals surface area contributed by atoms with Crippen LogP contribution in [0.15, 0.2) is 54.6 Å². The predicted molar refractivity (Wildman–Crippen MR) is 131 cm³/mol. The third-order valence-electron chi connectivity index (χ3n) is 7.29. The van der Waals surface area contributed by atoms with Gasteiger partial charge in [-0.1, -0.05) is 24.6 Å². The van der Waals surface area contributed by atoms with Crippen LogP contribution in [0.3, 0.4) is 0 Å². The minimum atomic E-state index is -0.158. The molecule has 4 N–H and O–H groups in total. The van der Waals surface area contributed by atoms with Crippen LogP contribution in [-0.2, 0) is 4.79 Å². The van der Waals surface area contributed by atoms with E-state index in [1.165, 1.54) is 24.9 Å². The topological polar surface area (TPSA) is 77.7 Å². The zero-order chi connectivity index (χ0) is 22.5. The molecule has 7 heteroatoms. The molecule has 1 amide bonds. The third-order valence-corrected chi connectivity index (χ3v) is 7.29. The lowest BCUT2D eigenvalue weighted by atomic mass is 9.96. The summed E-state index contributed by atoms with van der Waals surface area (Å²) in [5, 5.41) is 6.72. The third kappa shape index (κ3) is 5.66. The molecule has 1 aliphatic carbocycles. The maximum absolute atomic E-state index is 12.2. The van der Waals surface area contributed by atoms with Gasteiger partial charge in [0.2, 0.25) is 0 Å². The molecule has 0 spiro atoms. The summed E-state index contributed by atoms with van der Waals surface area (Å²) in [6, 6.07) is 19.3. The van der Waals surface area contributed by atoms with Gasteiger partial charge in [0, 0.05) is 49.1 Å². The van der Waals surface area contributed by atoms with E-state index >= 15 is 0 Å². The van der Waals surface area contributed by atoms with Crippen LogP contribution in [0.25, 0.3) is 0 Å². The number of hydrogen-bond donors (Lipinski definition) is 4. The van der Waals surface area contributed by atoms with Crippen LogP contribution in [0.2, 0.25) is 0 Å². The van der Waals surface area contributed by atoms with Gasteiger partial charge in [-0.15, -0.1) is 0 Å². The number of anilines is 2. The minimum absolute atomic E-state index is 0.000120. The molecule has 176 valence electrons. The number of nitrogens with one attached hydrogen (secondary N) is 4. The van der Waals surface area contributed by atoms with Gasteiger partial charge in [-0.05, 0) is 68.0 Å². The number of nitrogens with zero attached hydrogens (tertiary/aromatic N) is 1. The molecule has 1 saturated carbocycles. The number of hydrogen-bond acceptors (Lipinski definition) is 6. The van der Waals surface area contributed by atoms with E-state index < -0.39 is 0 Å². The van der Waals surface area contributed by atoms with E-state index in [1.807, 2.05) is 42.5 Å². The molecule has 2 aromatic carbocycles. The Morgan fingerprint density at radius 3 is 2.55 bits per heavy atom. The smallest absolute Gasteiger partial charge is 0.262 e. The lowest BCUT2D eigenvalue weighted by molar-refractivity contribution is -0.118. The van der Waals surface area contributed by atoms with Crippen LogP contribution in [0.4, 0.5) is 11.4 Å². The Labute approximate surface area is 196 Å². The van der Waals surface area contributed by atoms with E-state index in [2.05, 4.69) is 38.5 Å². The van der Waals surface area contributed by atoms with Gasteiger partial charge in [-0.25, -0.2) is 0 Å². The highest BCUT2D eigenvalue weighted by atomic mass is 16.5. The van der Waals surface area contributed by atoms with Crippen LogP contribution in [-0.4, -0.2) is 50.3 Å². The first-order chi connectivity index (χ1) is 16.2. The van der Waals surface area contributed by atoms with Crippen molar-refractivity contribution in [2.24, 2.45) is 5.92 Å². The van der Waals surface area contributed by atoms with E-state index in [0.29, 0.717) is 23.9 Å². The van der Waals surface area contributed by atoms with Crippen LogP contribution in [0, 0.1) is 5.92 Å². The van der Waals surface area contributed by atoms with Crippen molar-refractivity contribution in [2.45, 2.75) is 50.2 Å². The van der Waals surface area contributed by atoms with Gasteiger partial charge in [0.1, 0.15) is 5.75 Å². The number of rotatable bonds is 8. The summed E-state index contributed by atoms with van der Waals surface area (Å²) >= 11 is 0. The molecule has 7 nitrogen and oxygen atoms in total. The van der Waals surface area contributed by atoms with Gasteiger partial charge < -0.3 is 20.3 Å². The summed E-state index contributed by atoms with van der Waals surface area (Å²) in [4.78, 5) is 14.6. The van der Waals surface area contributed by atoms with E-state index in [-0.39, 0.29) is 12.5 Å². The number of para-hydroxylation sites is 1. The zero-order valence-electron chi connectivity index (χ0n) is 19.1. The standard InChI is InChI=1S/C26H35N5O2/c32-26(18-33-22-5-2-1-3-6-22)28-20-9-11-21(12-10-20)31-15-13-19(14-16-31)27-17-25-23-7-4-8-24(23)29-30-25/h1-3,5-6,9-12,19,23-25,27,29-30H,4,7-8,13-18H2,(H,28,32). The number of piperidine rings is 1. The highest BCUT2D eigenvalue weighted by Crippen LogP contribution is 2.31. The second-order valence-electron chi connectivity index (χ2n) is 9.46. The van der Waals surface area contributed by atoms with Crippen molar-refractivity contribution in [3.63, 3.8) is 0 Å². The molecule has 3 aliphatic rings. The summed E-state index contributed by atoms with van der Waals surface area (Å²) in [7, 11) is 0. The molecule has 0 radical (unpaired) electrons. The van der Waals surface area contributed by atoms with Crippen LogP contribution < -0.4 is 31.1 Å². The van der Waals surface area contributed by atoms with Gasteiger partial charge >= 0.3 is 0 Å². The maximum Gasteiger partial charge on any atom is 0.262 e. The van der Waals surface area contributed by atoms with Gasteiger partial charge in [-0.3, -0.25) is 15.6 Å². The van der Waals surface area contributed by atoms with Crippen molar-refractivity contribution >= 4 is 17.3 Å². The van der Waals surface area contributed by atoms with Crippen molar-refractivity contribution in [3.8, 4) is 5.75 Å². The summed E-state index contributed by atoms with van der Waals surface area (Å²) < 4.78 is 5.51. The first-order valence-electron chi connectivity index (χ1n) is 12.3. The monoisotopic (exact) mass is 449 g/mol. The Morgan fingerprint density at radius 2 is 1.76 bits per heavy atom. The summed E-state index contributed by atoms with van der Waals surface area (Å²) in [5.41, 5.74) is 8.99. The van der Waals surface area contributed by atoms with Crippen molar-refractivity contribution in [2.75, 3.05) is 36.5 Å². The highest BCUT2D eigenvalue weighted by molar-refractivity contribution is 5.92. The molecular weight excluding hydrogens is 414 g/mol. The molecular formula is C26H35N5O2. The molecule has 0 bridgehead atoms. The molecule has 2 heterocycles. The molecule has 3 atom stereocenters. The van der Waals surface area contributed by atoms with Crippen molar-refractivity contribution < 1.29 is 9.53 Å². The van der Waals surface area contributed by atoms with E-state index in [9.17, 15) is 4.79 Å². The highest BCUT2D eigenvalue weighted by Gasteiger charge is 2.38. The number of hydrazine groups is 1. The Hall–Kier alpha value is -2.61. The molecule has 2 saturated heterocycles. The molecule has 3 fully saturated rings. The fourth-order valence-electron chi connectivity index (χ4n) is 5.43. The average Bonchev–Trinajstić information content (AvgIpc) is 3.48. The molecule has 5 rings (SSSR count). The number of benzene rings is 2. The van der Waals surface area contributed by atoms with Gasteiger partial charge in [0.15, 0.2) is 6.61 Å². The maximum atomic E-state index is 12.2. The number of carbonyl (C=O) groups excluding carboxylic acids is 1. The minimum Gasteiger partial charge on any atom is -0.484 e. The first-order valence-corrected chi connectivity index (χ1v) is 12.3. The quantitative estimate of drug-likeness (QED) is 0.497. The Morgan fingerprint density at radius 1 is 0.970 bits per heavy atom. The zero-order valence-corrected chi connectivity index (χ0v) is 19.1. The number of carbonyl (C=O) groups is 1. The van der Waals surface area contributed by atoms with E-state index in [1.54, 1.807) is 0 Å². The summed E-state index contributed by atoms with van der Waals surface area (Å²) in [6.45, 7) is 3.16. The van der Waals surface area contributed by atoms with Crippen LogP contribution >= 0.6 is 0 Å². The van der Waals surface area contributed by atoms with E-state index in [0.717, 1.165) is 44.1 Å². The van der Waals surface area contributed by atoms with E-state index in [4.69, 9.17) is 4.74 Å². The SMILES string of the molecule is O=C(COc1ccccc1)Nc1ccc(N2CCC(NCC3NNC4CCCC43)CC2)cc1. The lowest BCUT2D eigenvalue weighted by Crippen LogP contribution is -2.48. The van der Waals surface area contributed by atoms with Gasteiger partial charge in [0.05, 0.1) is 0 Å². The fraction of sp³-hybridized carbons (Fsp3) is 0.500. The molecule has 3 unspecified atom stereocenters. The predicted octanol–water partition coefficient (Wildman–Crippen LogP) is 2.91. The largest absolute Gasteiger partial charge is 0.484 e. The van der Waals surface area contributed by atoms with Crippen LogP contribution in [0.5, 0.6) is 5.75 Å². The molecule has 33 heavy (non-hydrogen) atoms. The molecule has 0 aromatic heterocycles. The Bertz CT molecular complexity index is 899. The number of fused-ring (bicyclic) bond motifs is 1. The normalized spacial score (nSPS) is 25.1. The first kappa shape index (κ1) is 22.2.